The summed E-state index contributed by atoms with van der Waals surface area (Å²) in [6.45, 7) is 0.667. The standard InChI is InChI=1S/C13H25N3O2/c1-16-11-4-2-5-12(16)9-10(8-11)15-13(18)14-6-3-7-17/h10-12,17H,2-9H2,1H3,(H2,14,15,18). The molecule has 5 nitrogen and oxygen atoms in total. The number of rotatable bonds is 4. The first-order valence-electron chi connectivity index (χ1n) is 7.08. The fourth-order valence-corrected chi connectivity index (χ4v) is 3.25. The maximum absolute atomic E-state index is 11.7. The molecule has 2 rings (SSSR count). The van der Waals surface area contributed by atoms with E-state index in [2.05, 4.69) is 22.6 Å². The molecule has 0 saturated carbocycles. The number of carbonyl (C=O) groups excluding carboxylic acids is 1. The Morgan fingerprint density at radius 1 is 1.33 bits per heavy atom. The minimum atomic E-state index is -0.0870. The zero-order valence-electron chi connectivity index (χ0n) is 11.2. The van der Waals surface area contributed by atoms with E-state index in [0.717, 1.165) is 12.8 Å². The van der Waals surface area contributed by atoms with Gasteiger partial charge in [0.15, 0.2) is 0 Å². The van der Waals surface area contributed by atoms with Gasteiger partial charge in [0.25, 0.3) is 0 Å². The van der Waals surface area contributed by atoms with Crippen LogP contribution in [0.1, 0.15) is 38.5 Å². The smallest absolute Gasteiger partial charge is 0.315 e. The minimum Gasteiger partial charge on any atom is -0.396 e. The number of carbonyl (C=O) groups is 1. The summed E-state index contributed by atoms with van der Waals surface area (Å²) in [4.78, 5) is 14.2. The lowest BCUT2D eigenvalue weighted by Gasteiger charge is -2.47. The van der Waals surface area contributed by atoms with E-state index in [-0.39, 0.29) is 12.6 Å². The van der Waals surface area contributed by atoms with Gasteiger partial charge in [0.2, 0.25) is 0 Å². The summed E-state index contributed by atoms with van der Waals surface area (Å²) in [5.74, 6) is 0. The van der Waals surface area contributed by atoms with E-state index in [1.54, 1.807) is 0 Å². The maximum atomic E-state index is 11.7. The van der Waals surface area contributed by atoms with E-state index in [9.17, 15) is 4.79 Å². The average Bonchev–Trinajstić information content (AvgIpc) is 2.31. The Kier molecular flexibility index (Phi) is 4.83. The first-order chi connectivity index (χ1) is 8.70. The van der Waals surface area contributed by atoms with Crippen molar-refractivity contribution in [3.63, 3.8) is 0 Å². The van der Waals surface area contributed by atoms with Gasteiger partial charge in [-0.15, -0.1) is 0 Å². The second-order valence-electron chi connectivity index (χ2n) is 5.55. The fourth-order valence-electron chi connectivity index (χ4n) is 3.25. The number of nitrogens with zero attached hydrogens (tertiary/aromatic N) is 1. The third kappa shape index (κ3) is 3.36. The number of piperidine rings is 2. The van der Waals surface area contributed by atoms with Crippen LogP contribution in [-0.4, -0.2) is 54.4 Å². The summed E-state index contributed by atoms with van der Waals surface area (Å²) in [5, 5.41) is 14.5. The summed E-state index contributed by atoms with van der Waals surface area (Å²) >= 11 is 0. The molecular formula is C13H25N3O2. The van der Waals surface area contributed by atoms with Gasteiger partial charge in [0.1, 0.15) is 0 Å². The van der Waals surface area contributed by atoms with E-state index in [4.69, 9.17) is 5.11 Å². The molecule has 2 atom stereocenters. The number of aliphatic hydroxyl groups is 1. The van der Waals surface area contributed by atoms with Crippen LogP contribution in [0.25, 0.3) is 0 Å². The van der Waals surface area contributed by atoms with E-state index < -0.39 is 0 Å². The van der Waals surface area contributed by atoms with Crippen molar-refractivity contribution in [1.82, 2.24) is 15.5 Å². The van der Waals surface area contributed by atoms with E-state index in [1.807, 2.05) is 0 Å². The van der Waals surface area contributed by atoms with Gasteiger partial charge in [-0.2, -0.15) is 0 Å². The molecule has 0 aromatic heterocycles. The molecule has 2 amide bonds. The van der Waals surface area contributed by atoms with Gasteiger partial charge in [0, 0.05) is 31.3 Å². The highest BCUT2D eigenvalue weighted by Gasteiger charge is 2.36. The van der Waals surface area contributed by atoms with Crippen LogP contribution in [0.3, 0.4) is 0 Å². The predicted molar refractivity (Wildman–Crippen MR) is 70.4 cm³/mol. The highest BCUT2D eigenvalue weighted by atomic mass is 16.3. The minimum absolute atomic E-state index is 0.0870. The van der Waals surface area contributed by atoms with Crippen molar-refractivity contribution in [3.8, 4) is 0 Å². The van der Waals surface area contributed by atoms with Crippen molar-refractivity contribution < 1.29 is 9.90 Å². The van der Waals surface area contributed by atoms with Crippen LogP contribution in [0.5, 0.6) is 0 Å². The van der Waals surface area contributed by atoms with Crippen LogP contribution in [0.15, 0.2) is 0 Å². The second kappa shape index (κ2) is 6.38. The van der Waals surface area contributed by atoms with Crippen molar-refractivity contribution in [2.45, 2.75) is 56.7 Å². The van der Waals surface area contributed by atoms with Gasteiger partial charge in [-0.3, -0.25) is 0 Å². The van der Waals surface area contributed by atoms with Gasteiger partial charge in [-0.1, -0.05) is 6.42 Å². The Bertz CT molecular complexity index is 271. The Morgan fingerprint density at radius 2 is 2.00 bits per heavy atom. The number of hydrogen-bond donors (Lipinski definition) is 3. The van der Waals surface area contributed by atoms with Crippen LogP contribution < -0.4 is 10.6 Å². The molecule has 0 spiro atoms. The zero-order valence-corrected chi connectivity index (χ0v) is 11.2. The summed E-state index contributed by atoms with van der Waals surface area (Å²) < 4.78 is 0. The lowest BCUT2D eigenvalue weighted by Crippen LogP contribution is -2.56. The topological polar surface area (TPSA) is 64.6 Å². The number of hydrogen-bond acceptors (Lipinski definition) is 3. The first-order valence-corrected chi connectivity index (χ1v) is 7.08. The van der Waals surface area contributed by atoms with E-state index in [1.165, 1.54) is 19.3 Å². The molecular weight excluding hydrogens is 230 g/mol. The van der Waals surface area contributed by atoms with Crippen LogP contribution in [-0.2, 0) is 0 Å². The zero-order chi connectivity index (χ0) is 13.0. The van der Waals surface area contributed by atoms with E-state index >= 15 is 0 Å². The SMILES string of the molecule is CN1C2CCCC1CC(NC(=O)NCCCO)C2. The van der Waals surface area contributed by atoms with Gasteiger partial charge in [-0.25, -0.2) is 4.79 Å². The fraction of sp³-hybridized carbons (Fsp3) is 0.923. The van der Waals surface area contributed by atoms with Crippen molar-refractivity contribution in [2.24, 2.45) is 0 Å². The molecule has 18 heavy (non-hydrogen) atoms. The highest BCUT2D eigenvalue weighted by Crippen LogP contribution is 2.32. The van der Waals surface area contributed by atoms with Gasteiger partial charge < -0.3 is 20.6 Å². The number of fused-ring (bicyclic) bond motifs is 2. The average molecular weight is 255 g/mol. The van der Waals surface area contributed by atoms with E-state index in [0.29, 0.717) is 31.1 Å². The second-order valence-corrected chi connectivity index (χ2v) is 5.55. The lowest BCUT2D eigenvalue weighted by atomic mass is 9.82. The summed E-state index contributed by atoms with van der Waals surface area (Å²) in [6.07, 6.45) is 6.61. The normalized spacial score (nSPS) is 32.0. The Morgan fingerprint density at radius 3 is 2.61 bits per heavy atom. The van der Waals surface area contributed by atoms with Gasteiger partial charge in [0.05, 0.1) is 0 Å². The summed E-state index contributed by atoms with van der Waals surface area (Å²) in [7, 11) is 2.21. The maximum Gasteiger partial charge on any atom is 0.315 e. The molecule has 2 aliphatic heterocycles. The largest absolute Gasteiger partial charge is 0.396 e. The Hall–Kier alpha value is -0.810. The molecule has 2 aliphatic rings. The molecule has 2 unspecified atom stereocenters. The number of nitrogens with one attached hydrogen (secondary N) is 2. The first kappa shape index (κ1) is 13.6. The Labute approximate surface area is 109 Å². The summed E-state index contributed by atoms with van der Waals surface area (Å²) in [6, 6.07) is 1.50. The number of urea groups is 1. The van der Waals surface area contributed by atoms with Crippen LogP contribution >= 0.6 is 0 Å². The van der Waals surface area contributed by atoms with Crippen LogP contribution in [0.4, 0.5) is 4.79 Å². The molecule has 2 fully saturated rings. The predicted octanol–water partition coefficient (Wildman–Crippen LogP) is 0.683. The molecule has 0 aromatic rings. The molecule has 104 valence electrons. The van der Waals surface area contributed by atoms with Crippen molar-refractivity contribution in [3.05, 3.63) is 0 Å². The lowest BCUT2D eigenvalue weighted by molar-refractivity contribution is 0.0509. The molecule has 0 aliphatic carbocycles. The van der Waals surface area contributed by atoms with Gasteiger partial charge >= 0.3 is 6.03 Å². The summed E-state index contributed by atoms with van der Waals surface area (Å²) in [5.41, 5.74) is 0. The Balaban J connectivity index is 1.75. The van der Waals surface area contributed by atoms with Crippen molar-refractivity contribution >= 4 is 6.03 Å². The van der Waals surface area contributed by atoms with Crippen molar-refractivity contribution in [1.29, 1.82) is 0 Å². The van der Waals surface area contributed by atoms with Crippen LogP contribution in [0, 0.1) is 0 Å². The number of aliphatic hydroxyl groups excluding tert-OH is 1. The molecule has 2 saturated heterocycles. The molecule has 0 aromatic carbocycles. The number of amides is 2. The van der Waals surface area contributed by atoms with Crippen LogP contribution in [0.2, 0.25) is 0 Å². The monoisotopic (exact) mass is 255 g/mol. The third-order valence-electron chi connectivity index (χ3n) is 4.30. The third-order valence-corrected chi connectivity index (χ3v) is 4.30. The quantitative estimate of drug-likeness (QED) is 0.647. The molecule has 5 heteroatoms. The molecule has 0 radical (unpaired) electrons. The highest BCUT2D eigenvalue weighted by molar-refractivity contribution is 5.74. The van der Waals surface area contributed by atoms with Gasteiger partial charge in [-0.05, 0) is 39.2 Å². The molecule has 3 N–H and O–H groups in total. The molecule has 2 heterocycles. The van der Waals surface area contributed by atoms with Crippen molar-refractivity contribution in [2.75, 3.05) is 20.2 Å². The molecule has 2 bridgehead atoms.